The molecule has 1 aromatic carbocycles. The monoisotopic (exact) mass is 176 g/mol. The maximum absolute atomic E-state index is 11.4. The van der Waals surface area contributed by atoms with Crippen LogP contribution in [0.2, 0.25) is 0 Å². The average Bonchev–Trinajstić information content (AvgIpc) is 2.17. The van der Waals surface area contributed by atoms with Gasteiger partial charge in [-0.25, -0.2) is 0 Å². The molecule has 0 saturated heterocycles. The summed E-state index contributed by atoms with van der Waals surface area (Å²) in [5.74, 6) is -0.950. The predicted octanol–water partition coefficient (Wildman–Crippen LogP) is 2.09. The summed E-state index contributed by atoms with van der Waals surface area (Å²) in [4.78, 5) is 22.7. The second-order valence-electron chi connectivity index (χ2n) is 3.21. The summed E-state index contributed by atoms with van der Waals surface area (Å²) in [5.41, 5.74) is 0.473. The van der Waals surface area contributed by atoms with Gasteiger partial charge in [-0.1, -0.05) is 44.2 Å². The molecule has 0 aromatic heterocycles. The third kappa shape index (κ3) is 2.25. The average molecular weight is 176 g/mol. The summed E-state index contributed by atoms with van der Waals surface area (Å²) >= 11 is 0. The number of Topliss-reactive ketones (excluding diaryl/α,β-unsaturated/α-hetero) is 2. The van der Waals surface area contributed by atoms with Gasteiger partial charge in [0.15, 0.2) is 0 Å². The van der Waals surface area contributed by atoms with Crippen LogP contribution in [0.1, 0.15) is 24.2 Å². The van der Waals surface area contributed by atoms with Gasteiger partial charge in [-0.2, -0.15) is 0 Å². The summed E-state index contributed by atoms with van der Waals surface area (Å²) in [6.45, 7) is 3.45. The molecule has 0 aliphatic rings. The van der Waals surface area contributed by atoms with Crippen LogP contribution in [-0.2, 0) is 4.79 Å². The Morgan fingerprint density at radius 2 is 1.62 bits per heavy atom. The van der Waals surface area contributed by atoms with Crippen molar-refractivity contribution < 1.29 is 9.59 Å². The Morgan fingerprint density at radius 1 is 1.08 bits per heavy atom. The van der Waals surface area contributed by atoms with Crippen LogP contribution in [-0.4, -0.2) is 11.6 Å². The minimum atomic E-state index is -0.393. The van der Waals surface area contributed by atoms with Crippen molar-refractivity contribution in [2.24, 2.45) is 5.92 Å². The lowest BCUT2D eigenvalue weighted by molar-refractivity contribution is -0.117. The van der Waals surface area contributed by atoms with Crippen LogP contribution in [0, 0.1) is 5.92 Å². The SMILES string of the molecule is CC(C)C(=O)C(=O)c1ccccc1. The smallest absolute Gasteiger partial charge is 0.228 e. The number of rotatable bonds is 3. The van der Waals surface area contributed by atoms with Gasteiger partial charge in [0, 0.05) is 11.5 Å². The molecular formula is C11H12O2. The van der Waals surface area contributed by atoms with Crippen LogP contribution in [0.15, 0.2) is 30.3 Å². The van der Waals surface area contributed by atoms with Crippen molar-refractivity contribution in [1.29, 1.82) is 0 Å². The van der Waals surface area contributed by atoms with E-state index in [1.807, 2.05) is 6.07 Å². The lowest BCUT2D eigenvalue weighted by atomic mass is 10.00. The first-order chi connectivity index (χ1) is 6.13. The van der Waals surface area contributed by atoms with Crippen molar-refractivity contribution in [2.45, 2.75) is 13.8 Å². The van der Waals surface area contributed by atoms with Crippen LogP contribution >= 0.6 is 0 Å². The molecule has 0 saturated carbocycles. The number of benzene rings is 1. The zero-order valence-corrected chi connectivity index (χ0v) is 7.78. The van der Waals surface area contributed by atoms with Gasteiger partial charge in [-0.3, -0.25) is 9.59 Å². The van der Waals surface area contributed by atoms with E-state index in [4.69, 9.17) is 0 Å². The molecule has 0 spiro atoms. The highest BCUT2D eigenvalue weighted by Gasteiger charge is 2.18. The Kier molecular flexibility index (Phi) is 2.96. The van der Waals surface area contributed by atoms with Crippen LogP contribution < -0.4 is 0 Å². The quantitative estimate of drug-likeness (QED) is 0.522. The normalized spacial score (nSPS) is 10.1. The van der Waals surface area contributed by atoms with Crippen molar-refractivity contribution in [3.8, 4) is 0 Å². The number of ketones is 2. The Bertz CT molecular complexity index is 312. The first-order valence-electron chi connectivity index (χ1n) is 4.26. The topological polar surface area (TPSA) is 34.1 Å². The zero-order valence-electron chi connectivity index (χ0n) is 7.78. The fourth-order valence-electron chi connectivity index (χ4n) is 0.994. The number of hydrogen-bond donors (Lipinski definition) is 0. The molecule has 0 atom stereocenters. The molecule has 0 bridgehead atoms. The summed E-state index contributed by atoms with van der Waals surface area (Å²) in [6.07, 6.45) is 0. The second-order valence-corrected chi connectivity index (χ2v) is 3.21. The van der Waals surface area contributed by atoms with Gasteiger partial charge in [-0.15, -0.1) is 0 Å². The van der Waals surface area contributed by atoms with Crippen LogP contribution in [0.4, 0.5) is 0 Å². The van der Waals surface area contributed by atoms with E-state index in [1.165, 1.54) is 0 Å². The van der Waals surface area contributed by atoms with E-state index < -0.39 is 5.78 Å². The Balaban J connectivity index is 2.87. The third-order valence-corrected chi connectivity index (χ3v) is 1.78. The Morgan fingerprint density at radius 3 is 2.08 bits per heavy atom. The molecule has 0 radical (unpaired) electrons. The molecule has 0 N–H and O–H groups in total. The van der Waals surface area contributed by atoms with Gasteiger partial charge in [0.05, 0.1) is 0 Å². The molecule has 0 heterocycles. The van der Waals surface area contributed by atoms with Crippen LogP contribution in [0.3, 0.4) is 0 Å². The van der Waals surface area contributed by atoms with Crippen molar-refractivity contribution in [3.63, 3.8) is 0 Å². The maximum Gasteiger partial charge on any atom is 0.228 e. The van der Waals surface area contributed by atoms with E-state index in [1.54, 1.807) is 38.1 Å². The molecular weight excluding hydrogens is 164 g/mol. The van der Waals surface area contributed by atoms with Gasteiger partial charge in [0.1, 0.15) is 0 Å². The molecule has 2 nitrogen and oxygen atoms in total. The van der Waals surface area contributed by atoms with E-state index >= 15 is 0 Å². The molecule has 0 aliphatic heterocycles. The molecule has 0 fully saturated rings. The second kappa shape index (κ2) is 3.99. The maximum atomic E-state index is 11.4. The highest BCUT2D eigenvalue weighted by Crippen LogP contribution is 2.05. The van der Waals surface area contributed by atoms with E-state index in [0.29, 0.717) is 5.56 Å². The Labute approximate surface area is 77.6 Å². The van der Waals surface area contributed by atoms with Crippen LogP contribution in [0.25, 0.3) is 0 Å². The summed E-state index contributed by atoms with van der Waals surface area (Å²) in [6, 6.07) is 8.63. The summed E-state index contributed by atoms with van der Waals surface area (Å²) < 4.78 is 0. The highest BCUT2D eigenvalue weighted by molar-refractivity contribution is 6.44. The molecule has 1 aromatic rings. The van der Waals surface area contributed by atoms with Gasteiger partial charge in [0.2, 0.25) is 11.6 Å². The third-order valence-electron chi connectivity index (χ3n) is 1.78. The molecule has 68 valence electrons. The number of carbonyl (C=O) groups excluding carboxylic acids is 2. The van der Waals surface area contributed by atoms with Crippen molar-refractivity contribution in [1.82, 2.24) is 0 Å². The lowest BCUT2D eigenvalue weighted by Gasteiger charge is -2.01. The van der Waals surface area contributed by atoms with Gasteiger partial charge in [-0.05, 0) is 0 Å². The van der Waals surface area contributed by atoms with Crippen molar-refractivity contribution in [2.75, 3.05) is 0 Å². The molecule has 1 rings (SSSR count). The van der Waals surface area contributed by atoms with Crippen molar-refractivity contribution >= 4 is 11.6 Å². The van der Waals surface area contributed by atoms with Gasteiger partial charge in [0.25, 0.3) is 0 Å². The van der Waals surface area contributed by atoms with E-state index in [0.717, 1.165) is 0 Å². The Hall–Kier alpha value is -1.44. The summed E-state index contributed by atoms with van der Waals surface area (Å²) in [5, 5.41) is 0. The highest BCUT2D eigenvalue weighted by atomic mass is 16.2. The minimum absolute atomic E-state index is 0.229. The molecule has 0 unspecified atom stereocenters. The zero-order chi connectivity index (χ0) is 9.84. The minimum Gasteiger partial charge on any atom is -0.290 e. The lowest BCUT2D eigenvalue weighted by Crippen LogP contribution is -2.19. The molecule has 2 heteroatoms. The first-order valence-corrected chi connectivity index (χ1v) is 4.26. The number of hydrogen-bond acceptors (Lipinski definition) is 2. The van der Waals surface area contributed by atoms with Gasteiger partial charge < -0.3 is 0 Å². The molecule has 13 heavy (non-hydrogen) atoms. The predicted molar refractivity (Wildman–Crippen MR) is 50.6 cm³/mol. The fraction of sp³-hybridized carbons (Fsp3) is 0.273. The van der Waals surface area contributed by atoms with E-state index in [9.17, 15) is 9.59 Å². The first kappa shape index (κ1) is 9.65. The van der Waals surface area contributed by atoms with E-state index in [-0.39, 0.29) is 11.7 Å². The van der Waals surface area contributed by atoms with Gasteiger partial charge >= 0.3 is 0 Å². The van der Waals surface area contributed by atoms with E-state index in [2.05, 4.69) is 0 Å². The van der Waals surface area contributed by atoms with Crippen molar-refractivity contribution in [3.05, 3.63) is 35.9 Å². The standard InChI is InChI=1S/C11H12O2/c1-8(2)10(12)11(13)9-6-4-3-5-7-9/h3-8H,1-2H3. The fourth-order valence-corrected chi connectivity index (χ4v) is 0.994. The van der Waals surface area contributed by atoms with Crippen LogP contribution in [0.5, 0.6) is 0 Å². The molecule has 0 aliphatic carbocycles. The number of carbonyl (C=O) groups is 2. The summed E-state index contributed by atoms with van der Waals surface area (Å²) in [7, 11) is 0. The largest absolute Gasteiger partial charge is 0.290 e. The molecule has 0 amide bonds.